The first-order valence-corrected chi connectivity index (χ1v) is 23.5. The average molecular weight is 845 g/mol. The smallest absolute Gasteiger partial charge is 0.0622 e. The summed E-state index contributed by atoms with van der Waals surface area (Å²) < 4.78 is 0. The lowest BCUT2D eigenvalue weighted by atomic mass is 9.68. The Morgan fingerprint density at radius 2 is 0.552 bits per heavy atom. The summed E-state index contributed by atoms with van der Waals surface area (Å²) in [5.41, 5.74) is 17.8. The van der Waals surface area contributed by atoms with Crippen LogP contribution in [-0.2, 0) is 5.41 Å². The molecule has 0 unspecified atom stereocenters. The summed E-state index contributed by atoms with van der Waals surface area (Å²) in [4.78, 5) is 0. The Morgan fingerprint density at radius 1 is 0.194 bits per heavy atom. The standard InChI is InChI=1S/C67H40/c1-2-20-41(21-3-1)42-38-39-55(44-23-5-4-22-43(42)44)62-51-30-10-12-32-53(51)63(54-33-13-11-31-52(54)62)58-40-59-64-50-29-9-6-24-45(50)46-25-7-15-35-57(46)66(64)67(65(59)56-34-14-8-26-47(56)58)60-36-18-16-27-48(60)49-28-17-19-37-61(49)67/h1-40H. The van der Waals surface area contributed by atoms with Crippen LogP contribution in [0.15, 0.2) is 243 Å². The van der Waals surface area contributed by atoms with Gasteiger partial charge in [0, 0.05) is 0 Å². The number of hydrogen-bond donors (Lipinski definition) is 0. The van der Waals surface area contributed by atoms with Gasteiger partial charge in [0.1, 0.15) is 0 Å². The second-order valence-electron chi connectivity index (χ2n) is 18.5. The first-order chi connectivity index (χ1) is 33.3. The van der Waals surface area contributed by atoms with Gasteiger partial charge < -0.3 is 0 Å². The number of benzene rings is 13. The van der Waals surface area contributed by atoms with Crippen molar-refractivity contribution in [2.24, 2.45) is 0 Å². The first-order valence-electron chi connectivity index (χ1n) is 23.5. The lowest BCUT2D eigenvalue weighted by Crippen LogP contribution is -2.26. The maximum Gasteiger partial charge on any atom is 0.0737 e. The molecule has 0 saturated heterocycles. The zero-order valence-corrected chi connectivity index (χ0v) is 36.6. The normalized spacial score (nSPS) is 13.2. The van der Waals surface area contributed by atoms with Gasteiger partial charge >= 0.3 is 0 Å². The van der Waals surface area contributed by atoms with Gasteiger partial charge in [-0.25, -0.2) is 0 Å². The van der Waals surface area contributed by atoms with Crippen LogP contribution in [0.3, 0.4) is 0 Å². The van der Waals surface area contributed by atoms with E-state index in [4.69, 9.17) is 0 Å². The summed E-state index contributed by atoms with van der Waals surface area (Å²) in [6.07, 6.45) is 0. The Bertz CT molecular complexity index is 4160. The third kappa shape index (κ3) is 4.76. The van der Waals surface area contributed by atoms with Gasteiger partial charge in [-0.05, 0) is 149 Å². The molecule has 0 aliphatic heterocycles. The molecule has 0 N–H and O–H groups in total. The van der Waals surface area contributed by atoms with E-state index in [1.54, 1.807) is 0 Å². The predicted octanol–water partition coefficient (Wildman–Crippen LogP) is 18.0. The van der Waals surface area contributed by atoms with E-state index in [-0.39, 0.29) is 0 Å². The van der Waals surface area contributed by atoms with Crippen LogP contribution in [0.25, 0.3) is 120 Å². The van der Waals surface area contributed by atoms with Gasteiger partial charge in [-0.15, -0.1) is 0 Å². The van der Waals surface area contributed by atoms with Crippen molar-refractivity contribution in [1.29, 1.82) is 0 Å². The fraction of sp³-hybridized carbons (Fsp3) is 0.0149. The van der Waals surface area contributed by atoms with Gasteiger partial charge in [-0.3, -0.25) is 0 Å². The van der Waals surface area contributed by atoms with Crippen LogP contribution in [0.4, 0.5) is 0 Å². The summed E-state index contributed by atoms with van der Waals surface area (Å²) in [6.45, 7) is 0. The highest BCUT2D eigenvalue weighted by Crippen LogP contribution is 2.67. The lowest BCUT2D eigenvalue weighted by Gasteiger charge is -2.33. The average Bonchev–Trinajstić information content (AvgIpc) is 3.88. The largest absolute Gasteiger partial charge is 0.0737 e. The number of rotatable bonds is 3. The van der Waals surface area contributed by atoms with Gasteiger partial charge in [-0.2, -0.15) is 0 Å². The van der Waals surface area contributed by atoms with E-state index in [0.29, 0.717) is 0 Å². The van der Waals surface area contributed by atoms with Crippen molar-refractivity contribution in [2.75, 3.05) is 0 Å². The maximum absolute atomic E-state index is 2.61. The maximum atomic E-state index is 2.61. The second-order valence-corrected chi connectivity index (χ2v) is 18.5. The molecule has 0 saturated carbocycles. The first kappa shape index (κ1) is 36.7. The van der Waals surface area contributed by atoms with Crippen molar-refractivity contribution < 1.29 is 0 Å². The molecule has 13 aromatic rings. The molecule has 13 aromatic carbocycles. The molecule has 2 aliphatic rings. The zero-order chi connectivity index (χ0) is 43.8. The highest BCUT2D eigenvalue weighted by atomic mass is 14.5. The van der Waals surface area contributed by atoms with Crippen LogP contribution < -0.4 is 0 Å². The van der Waals surface area contributed by atoms with Crippen LogP contribution in [0, 0.1) is 0 Å². The Balaban J connectivity index is 1.11. The van der Waals surface area contributed by atoms with Gasteiger partial charge in [0.05, 0.1) is 5.41 Å². The molecule has 2 aliphatic carbocycles. The molecule has 0 amide bonds. The Morgan fingerprint density at radius 3 is 1.10 bits per heavy atom. The van der Waals surface area contributed by atoms with Crippen LogP contribution in [0.5, 0.6) is 0 Å². The molecule has 15 rings (SSSR count). The van der Waals surface area contributed by atoms with Crippen LogP contribution in [0.1, 0.15) is 22.3 Å². The Labute approximate surface area is 388 Å². The highest BCUT2D eigenvalue weighted by Gasteiger charge is 2.54. The molecule has 0 fully saturated rings. The predicted molar refractivity (Wildman–Crippen MR) is 284 cm³/mol. The molecule has 67 heavy (non-hydrogen) atoms. The molecule has 0 aromatic heterocycles. The quantitative estimate of drug-likeness (QED) is 0.123. The van der Waals surface area contributed by atoms with Crippen molar-refractivity contribution in [3.63, 3.8) is 0 Å². The highest BCUT2D eigenvalue weighted by molar-refractivity contribution is 6.28. The number of fused-ring (bicyclic) bond motifs is 20. The summed E-state index contributed by atoms with van der Waals surface area (Å²) in [5, 5.41) is 15.3. The van der Waals surface area contributed by atoms with E-state index < -0.39 is 5.41 Å². The summed E-state index contributed by atoms with van der Waals surface area (Å²) in [7, 11) is 0. The van der Waals surface area contributed by atoms with E-state index in [1.807, 2.05) is 0 Å². The molecule has 0 heteroatoms. The molecule has 0 heterocycles. The molecule has 0 radical (unpaired) electrons. The van der Waals surface area contributed by atoms with Crippen molar-refractivity contribution in [1.82, 2.24) is 0 Å². The summed E-state index contributed by atoms with van der Waals surface area (Å²) >= 11 is 0. The minimum Gasteiger partial charge on any atom is -0.0622 e. The second kappa shape index (κ2) is 13.7. The van der Waals surface area contributed by atoms with Crippen molar-refractivity contribution >= 4 is 64.6 Å². The summed E-state index contributed by atoms with van der Waals surface area (Å²) in [5.74, 6) is 0. The molecular weight excluding hydrogens is 805 g/mol. The fourth-order valence-corrected chi connectivity index (χ4v) is 13.0. The van der Waals surface area contributed by atoms with Crippen molar-refractivity contribution in [2.45, 2.75) is 5.41 Å². The van der Waals surface area contributed by atoms with Crippen molar-refractivity contribution in [3.8, 4) is 55.6 Å². The third-order valence-electron chi connectivity index (χ3n) is 15.4. The SMILES string of the molecule is c1ccc(-c2ccc(-c3c4ccccc4c(-c4cc5c(c6ccccc46)C4(c6ccccc6-c6ccccc64)c4c-5c5ccccc5c5ccccc45)c4ccccc34)c3ccccc23)cc1. The minimum absolute atomic E-state index is 0.541. The minimum atomic E-state index is -0.541. The molecule has 0 bridgehead atoms. The Kier molecular flexibility index (Phi) is 7.52. The molecule has 0 nitrogen and oxygen atoms in total. The van der Waals surface area contributed by atoms with Crippen LogP contribution in [0.2, 0.25) is 0 Å². The van der Waals surface area contributed by atoms with Crippen molar-refractivity contribution in [3.05, 3.63) is 265 Å². The number of hydrogen-bond acceptors (Lipinski definition) is 0. The summed E-state index contributed by atoms with van der Waals surface area (Å²) in [6, 6.07) is 91.5. The van der Waals surface area contributed by atoms with Gasteiger partial charge in [0.25, 0.3) is 0 Å². The van der Waals surface area contributed by atoms with E-state index in [9.17, 15) is 0 Å². The van der Waals surface area contributed by atoms with E-state index in [1.165, 1.54) is 143 Å². The fourth-order valence-electron chi connectivity index (χ4n) is 13.0. The van der Waals surface area contributed by atoms with Crippen LogP contribution >= 0.6 is 0 Å². The van der Waals surface area contributed by atoms with E-state index in [2.05, 4.69) is 243 Å². The zero-order valence-electron chi connectivity index (χ0n) is 36.6. The van der Waals surface area contributed by atoms with Gasteiger partial charge in [-0.1, -0.05) is 237 Å². The lowest BCUT2D eigenvalue weighted by molar-refractivity contribution is 0.809. The molecule has 1 spiro atoms. The molecular formula is C67H40. The third-order valence-corrected chi connectivity index (χ3v) is 15.4. The van der Waals surface area contributed by atoms with Gasteiger partial charge in [0.15, 0.2) is 0 Å². The monoisotopic (exact) mass is 844 g/mol. The molecule has 0 atom stereocenters. The van der Waals surface area contributed by atoms with E-state index >= 15 is 0 Å². The Hall–Kier alpha value is -8.58. The van der Waals surface area contributed by atoms with Crippen LogP contribution in [-0.4, -0.2) is 0 Å². The van der Waals surface area contributed by atoms with Gasteiger partial charge in [0.2, 0.25) is 0 Å². The van der Waals surface area contributed by atoms with E-state index in [0.717, 1.165) is 0 Å². The topological polar surface area (TPSA) is 0 Å². The molecule has 308 valence electrons.